The van der Waals surface area contributed by atoms with Crippen molar-refractivity contribution in [3.05, 3.63) is 75.2 Å². The minimum atomic E-state index is -0.460. The molecular formula is C19H18N2O4. The number of nitro groups is 1. The maximum atomic E-state index is 11.1. The molecule has 6 heteroatoms. The number of hydrogen-bond acceptors (Lipinski definition) is 5. The van der Waals surface area contributed by atoms with E-state index in [9.17, 15) is 10.1 Å². The second kappa shape index (κ2) is 6.76. The number of aromatic nitrogens is 1. The van der Waals surface area contributed by atoms with E-state index in [0.29, 0.717) is 11.6 Å². The smallest absolute Gasteiger partial charge is 0.310 e. The molecule has 0 N–H and O–H groups in total. The molecule has 0 amide bonds. The van der Waals surface area contributed by atoms with E-state index in [1.54, 1.807) is 12.1 Å². The van der Waals surface area contributed by atoms with Crippen molar-refractivity contribution in [3.8, 4) is 17.2 Å². The van der Waals surface area contributed by atoms with Crippen molar-refractivity contribution in [1.29, 1.82) is 0 Å². The first-order valence-electron chi connectivity index (χ1n) is 7.84. The summed E-state index contributed by atoms with van der Waals surface area (Å²) < 4.78 is 11.1. The van der Waals surface area contributed by atoms with Gasteiger partial charge in [0, 0.05) is 11.6 Å². The third-order valence-corrected chi connectivity index (χ3v) is 3.85. The average molecular weight is 338 g/mol. The van der Waals surface area contributed by atoms with Gasteiger partial charge in [0.15, 0.2) is 5.75 Å². The number of rotatable bonds is 5. The summed E-state index contributed by atoms with van der Waals surface area (Å²) in [7, 11) is 0. The first-order valence-corrected chi connectivity index (χ1v) is 7.84. The summed E-state index contributed by atoms with van der Waals surface area (Å²) in [4.78, 5) is 15.1. The molecule has 2 aromatic carbocycles. The van der Waals surface area contributed by atoms with Gasteiger partial charge in [-0.3, -0.25) is 10.1 Å². The number of nitro benzene ring substituents is 1. The van der Waals surface area contributed by atoms with Crippen LogP contribution < -0.4 is 4.74 Å². The van der Waals surface area contributed by atoms with Gasteiger partial charge in [0.25, 0.3) is 0 Å². The summed E-state index contributed by atoms with van der Waals surface area (Å²) in [5.74, 6) is 0.732. The third-order valence-electron chi connectivity index (χ3n) is 3.85. The van der Waals surface area contributed by atoms with Crippen molar-refractivity contribution in [2.75, 3.05) is 0 Å². The van der Waals surface area contributed by atoms with Crippen LogP contribution >= 0.6 is 0 Å². The van der Waals surface area contributed by atoms with Crippen molar-refractivity contribution in [3.63, 3.8) is 0 Å². The molecule has 0 atom stereocenters. The number of benzene rings is 2. The van der Waals surface area contributed by atoms with Crippen molar-refractivity contribution in [2.24, 2.45) is 0 Å². The van der Waals surface area contributed by atoms with Gasteiger partial charge >= 0.3 is 5.69 Å². The molecule has 6 nitrogen and oxygen atoms in total. The van der Waals surface area contributed by atoms with Gasteiger partial charge in [-0.25, -0.2) is 4.98 Å². The molecule has 128 valence electrons. The Morgan fingerprint density at radius 2 is 1.84 bits per heavy atom. The molecule has 0 aliphatic rings. The first-order chi connectivity index (χ1) is 11.9. The maximum Gasteiger partial charge on any atom is 0.310 e. The predicted molar refractivity (Wildman–Crippen MR) is 93.6 cm³/mol. The quantitative estimate of drug-likeness (QED) is 0.495. The number of nitrogens with zero attached hydrogens (tertiary/aromatic N) is 2. The number of ether oxygens (including phenoxy) is 1. The predicted octanol–water partition coefficient (Wildman–Crippen LogP) is 4.75. The summed E-state index contributed by atoms with van der Waals surface area (Å²) in [6.07, 6.45) is 1.51. The van der Waals surface area contributed by atoms with Crippen LogP contribution in [0.15, 0.2) is 47.1 Å². The second-order valence-corrected chi connectivity index (χ2v) is 5.98. The highest BCUT2D eigenvalue weighted by atomic mass is 16.6. The van der Waals surface area contributed by atoms with Crippen LogP contribution in [0.4, 0.5) is 5.69 Å². The minimum absolute atomic E-state index is 0.0660. The molecule has 0 spiro atoms. The molecule has 0 saturated carbocycles. The summed E-state index contributed by atoms with van der Waals surface area (Å²) in [5.41, 5.74) is 4.55. The summed E-state index contributed by atoms with van der Waals surface area (Å²) in [6.45, 7) is 5.98. The van der Waals surface area contributed by atoms with Crippen LogP contribution in [0, 0.1) is 30.9 Å². The van der Waals surface area contributed by atoms with Crippen LogP contribution in [-0.2, 0) is 6.61 Å². The fraction of sp³-hybridized carbons (Fsp3) is 0.211. The Kier molecular flexibility index (Phi) is 4.52. The molecule has 0 fully saturated rings. The van der Waals surface area contributed by atoms with E-state index in [-0.39, 0.29) is 18.0 Å². The molecule has 1 heterocycles. The molecule has 25 heavy (non-hydrogen) atoms. The topological polar surface area (TPSA) is 78.4 Å². The number of aryl methyl sites for hydroxylation is 3. The number of oxazole rings is 1. The molecule has 0 aliphatic heterocycles. The lowest BCUT2D eigenvalue weighted by molar-refractivity contribution is -0.386. The monoisotopic (exact) mass is 338 g/mol. The van der Waals surface area contributed by atoms with E-state index in [4.69, 9.17) is 9.15 Å². The van der Waals surface area contributed by atoms with Crippen LogP contribution in [0.1, 0.15) is 22.4 Å². The summed E-state index contributed by atoms with van der Waals surface area (Å²) >= 11 is 0. The van der Waals surface area contributed by atoms with E-state index in [1.807, 2.05) is 32.9 Å². The van der Waals surface area contributed by atoms with Crippen LogP contribution in [0.3, 0.4) is 0 Å². The van der Waals surface area contributed by atoms with Gasteiger partial charge in [-0.1, -0.05) is 23.8 Å². The van der Waals surface area contributed by atoms with Crippen molar-refractivity contribution < 1.29 is 14.1 Å². The van der Waals surface area contributed by atoms with Crippen LogP contribution in [0.2, 0.25) is 0 Å². The maximum absolute atomic E-state index is 11.1. The lowest BCUT2D eigenvalue weighted by Crippen LogP contribution is -2.00. The van der Waals surface area contributed by atoms with Crippen LogP contribution in [-0.4, -0.2) is 9.91 Å². The Labute approximate surface area is 145 Å². The second-order valence-electron chi connectivity index (χ2n) is 5.98. The van der Waals surface area contributed by atoms with Gasteiger partial charge in [0.1, 0.15) is 18.6 Å². The zero-order valence-corrected chi connectivity index (χ0v) is 14.3. The molecule has 0 radical (unpaired) electrons. The van der Waals surface area contributed by atoms with E-state index >= 15 is 0 Å². The fourth-order valence-corrected chi connectivity index (χ4v) is 2.59. The molecule has 3 aromatic rings. The zero-order valence-electron chi connectivity index (χ0n) is 14.3. The summed E-state index contributed by atoms with van der Waals surface area (Å²) in [5, 5.41) is 11.1. The van der Waals surface area contributed by atoms with Gasteiger partial charge in [-0.2, -0.15) is 0 Å². The molecule has 1 aromatic heterocycles. The van der Waals surface area contributed by atoms with Gasteiger partial charge in [0.05, 0.1) is 4.92 Å². The van der Waals surface area contributed by atoms with E-state index in [0.717, 1.165) is 16.7 Å². The van der Waals surface area contributed by atoms with Crippen molar-refractivity contribution in [1.82, 2.24) is 4.98 Å². The van der Waals surface area contributed by atoms with Gasteiger partial charge in [-0.05, 0) is 44.0 Å². The Morgan fingerprint density at radius 1 is 1.12 bits per heavy atom. The molecule has 0 saturated heterocycles. The van der Waals surface area contributed by atoms with Gasteiger partial charge < -0.3 is 9.15 Å². The SMILES string of the molecule is Cc1ccc(-c2nc(COc3cc(C)ccc3[N+](=O)[O-])co2)c(C)c1. The summed E-state index contributed by atoms with van der Waals surface area (Å²) in [6, 6.07) is 10.8. The fourth-order valence-electron chi connectivity index (χ4n) is 2.59. The van der Waals surface area contributed by atoms with E-state index in [2.05, 4.69) is 11.1 Å². The van der Waals surface area contributed by atoms with E-state index in [1.165, 1.54) is 17.9 Å². The standard InChI is InChI=1S/C19H18N2O4/c1-12-4-6-16(14(3)8-12)19-20-15(11-25-19)10-24-18-9-13(2)5-7-17(18)21(22)23/h4-9,11H,10H2,1-3H3. The highest BCUT2D eigenvalue weighted by Gasteiger charge is 2.16. The van der Waals surface area contributed by atoms with Gasteiger partial charge in [0.2, 0.25) is 5.89 Å². The van der Waals surface area contributed by atoms with Gasteiger partial charge in [-0.15, -0.1) is 0 Å². The lowest BCUT2D eigenvalue weighted by atomic mass is 10.1. The molecule has 0 bridgehead atoms. The molecular weight excluding hydrogens is 320 g/mol. The zero-order chi connectivity index (χ0) is 18.0. The molecule has 3 rings (SSSR count). The number of hydrogen-bond donors (Lipinski definition) is 0. The Morgan fingerprint density at radius 3 is 2.56 bits per heavy atom. The average Bonchev–Trinajstić information content (AvgIpc) is 3.01. The lowest BCUT2D eigenvalue weighted by Gasteiger charge is -2.05. The first kappa shape index (κ1) is 16.7. The normalized spacial score (nSPS) is 10.7. The molecule has 0 unspecified atom stereocenters. The van der Waals surface area contributed by atoms with E-state index < -0.39 is 4.92 Å². The Balaban J connectivity index is 1.79. The van der Waals surface area contributed by atoms with Crippen LogP contribution in [0.5, 0.6) is 5.75 Å². The van der Waals surface area contributed by atoms with Crippen molar-refractivity contribution >= 4 is 5.69 Å². The Bertz CT molecular complexity index is 931. The highest BCUT2D eigenvalue weighted by molar-refractivity contribution is 5.59. The van der Waals surface area contributed by atoms with Crippen molar-refractivity contribution in [2.45, 2.75) is 27.4 Å². The third kappa shape index (κ3) is 3.68. The molecule has 0 aliphatic carbocycles. The minimum Gasteiger partial charge on any atom is -0.480 e. The largest absolute Gasteiger partial charge is 0.480 e. The Hall–Kier alpha value is -3.15. The highest BCUT2D eigenvalue weighted by Crippen LogP contribution is 2.29. The van der Waals surface area contributed by atoms with Crippen LogP contribution in [0.25, 0.3) is 11.5 Å².